The number of fused-ring (bicyclic) bond motifs is 1. The molecule has 9 nitrogen and oxygen atoms in total. The van der Waals surface area contributed by atoms with Crippen LogP contribution in [0.5, 0.6) is 0 Å². The Morgan fingerprint density at radius 2 is 1.76 bits per heavy atom. The maximum absolute atomic E-state index is 13.8. The van der Waals surface area contributed by atoms with Gasteiger partial charge in [-0.1, -0.05) is 49.2 Å². The fourth-order valence-electron chi connectivity index (χ4n) is 5.07. The molecular formula is C29H42N4O5. The number of nitrogens with zero attached hydrogens (tertiary/aromatic N) is 2. The molecule has 2 fully saturated rings. The minimum absolute atomic E-state index is 0.0429. The molecule has 2 unspecified atom stereocenters. The minimum atomic E-state index is -0.837. The van der Waals surface area contributed by atoms with Gasteiger partial charge in [0.1, 0.15) is 23.7 Å². The zero-order chi connectivity index (χ0) is 28.0. The Labute approximate surface area is 226 Å². The summed E-state index contributed by atoms with van der Waals surface area (Å²) < 4.78 is 5.37. The van der Waals surface area contributed by atoms with Crippen LogP contribution in [0.25, 0.3) is 0 Å². The minimum Gasteiger partial charge on any atom is -0.444 e. The van der Waals surface area contributed by atoms with Gasteiger partial charge in [-0.25, -0.2) is 4.79 Å². The smallest absolute Gasteiger partial charge is 0.410 e. The highest BCUT2D eigenvalue weighted by molar-refractivity contribution is 5.94. The third-order valence-corrected chi connectivity index (χ3v) is 7.29. The fourth-order valence-corrected chi connectivity index (χ4v) is 5.07. The first kappa shape index (κ1) is 29.2. The second-order valence-electron chi connectivity index (χ2n) is 11.2. The third kappa shape index (κ3) is 7.14. The van der Waals surface area contributed by atoms with Gasteiger partial charge in [0.15, 0.2) is 0 Å². The first-order valence-electron chi connectivity index (χ1n) is 13.5. The SMILES string of the molecule is C=CC(NC(=O)[C@@H]1CCC2CCCC[C@H](NC(=O)[C@H](C)N(C)C(=O)OC(C)(C)C)C(=O)N21)c1ccccc1. The molecule has 5 atom stereocenters. The van der Waals surface area contributed by atoms with Crippen LogP contribution in [0, 0.1) is 0 Å². The van der Waals surface area contributed by atoms with E-state index in [1.807, 2.05) is 30.3 Å². The van der Waals surface area contributed by atoms with E-state index in [9.17, 15) is 19.2 Å². The molecule has 4 amide bonds. The van der Waals surface area contributed by atoms with E-state index in [4.69, 9.17) is 4.74 Å². The van der Waals surface area contributed by atoms with Crippen molar-refractivity contribution in [3.05, 3.63) is 48.6 Å². The standard InChI is InChI=1S/C29H42N4O5/c1-7-22(20-13-9-8-10-14-20)30-26(35)24-18-17-21-15-11-12-16-23(27(36)33(21)24)31-25(34)19(2)32(6)28(37)38-29(3,4)5/h7-10,13-14,19,21-24H,1,11-12,15-18H2,2-6H3,(H,30,35)(H,31,34)/t19-,21?,22?,23-,24-/m0/s1. The molecular weight excluding hydrogens is 484 g/mol. The fraction of sp³-hybridized carbons (Fsp3) is 0.586. The van der Waals surface area contributed by atoms with Gasteiger partial charge in [0.25, 0.3) is 0 Å². The molecule has 0 spiro atoms. The summed E-state index contributed by atoms with van der Waals surface area (Å²) in [6, 6.07) is 6.93. The molecule has 2 aliphatic rings. The van der Waals surface area contributed by atoms with Crippen molar-refractivity contribution >= 4 is 23.8 Å². The summed E-state index contributed by atoms with van der Waals surface area (Å²) >= 11 is 0. The van der Waals surface area contributed by atoms with E-state index in [1.165, 1.54) is 11.9 Å². The quantitative estimate of drug-likeness (QED) is 0.527. The van der Waals surface area contributed by atoms with Gasteiger partial charge < -0.3 is 20.3 Å². The van der Waals surface area contributed by atoms with Crippen LogP contribution in [0.3, 0.4) is 0 Å². The molecule has 1 aromatic rings. The van der Waals surface area contributed by atoms with Gasteiger partial charge in [0.2, 0.25) is 17.7 Å². The summed E-state index contributed by atoms with van der Waals surface area (Å²) in [6.45, 7) is 10.7. The molecule has 1 aromatic carbocycles. The van der Waals surface area contributed by atoms with Crippen LogP contribution >= 0.6 is 0 Å². The average Bonchev–Trinajstić information content (AvgIpc) is 3.29. The second-order valence-corrected chi connectivity index (χ2v) is 11.2. The van der Waals surface area contributed by atoms with Gasteiger partial charge in [-0.3, -0.25) is 19.3 Å². The van der Waals surface area contributed by atoms with Gasteiger partial charge in [-0.05, 0) is 58.9 Å². The molecule has 9 heteroatoms. The van der Waals surface area contributed by atoms with E-state index in [1.54, 1.807) is 38.7 Å². The lowest BCUT2D eigenvalue weighted by atomic mass is 9.98. The van der Waals surface area contributed by atoms with Crippen LogP contribution in [-0.4, -0.2) is 70.4 Å². The van der Waals surface area contributed by atoms with Crippen LogP contribution in [0.1, 0.15) is 77.8 Å². The van der Waals surface area contributed by atoms with E-state index in [2.05, 4.69) is 17.2 Å². The molecule has 0 aromatic heterocycles. The van der Waals surface area contributed by atoms with E-state index in [0.717, 1.165) is 31.2 Å². The van der Waals surface area contributed by atoms with Crippen molar-refractivity contribution in [2.75, 3.05) is 7.05 Å². The van der Waals surface area contributed by atoms with Crippen LogP contribution in [0.2, 0.25) is 0 Å². The van der Waals surface area contributed by atoms with Crippen molar-refractivity contribution < 1.29 is 23.9 Å². The third-order valence-electron chi connectivity index (χ3n) is 7.29. The Morgan fingerprint density at radius 1 is 1.11 bits per heavy atom. The van der Waals surface area contributed by atoms with E-state index in [-0.39, 0.29) is 23.9 Å². The van der Waals surface area contributed by atoms with E-state index < -0.39 is 35.7 Å². The maximum Gasteiger partial charge on any atom is 0.410 e. The van der Waals surface area contributed by atoms with Crippen molar-refractivity contribution in [1.29, 1.82) is 0 Å². The molecule has 0 aliphatic carbocycles. The highest BCUT2D eigenvalue weighted by atomic mass is 16.6. The summed E-state index contributed by atoms with van der Waals surface area (Å²) in [5, 5.41) is 5.90. The predicted octanol–water partition coefficient (Wildman–Crippen LogP) is 3.70. The Morgan fingerprint density at radius 3 is 2.39 bits per heavy atom. The molecule has 0 saturated carbocycles. The number of ether oxygens (including phenoxy) is 1. The van der Waals surface area contributed by atoms with E-state index >= 15 is 0 Å². The Kier molecular flexibility index (Phi) is 9.57. The number of carbonyl (C=O) groups excluding carboxylic acids is 4. The number of rotatable bonds is 7. The number of likely N-dealkylation sites (N-methyl/N-ethyl adjacent to an activating group) is 1. The van der Waals surface area contributed by atoms with Gasteiger partial charge in [-0.15, -0.1) is 6.58 Å². The predicted molar refractivity (Wildman–Crippen MR) is 145 cm³/mol. The van der Waals surface area contributed by atoms with Gasteiger partial charge >= 0.3 is 6.09 Å². The average molecular weight is 527 g/mol. The molecule has 38 heavy (non-hydrogen) atoms. The number of hydrogen-bond acceptors (Lipinski definition) is 5. The topological polar surface area (TPSA) is 108 Å². The number of nitrogens with one attached hydrogen (secondary N) is 2. The second kappa shape index (κ2) is 12.5. The molecule has 3 rings (SSSR count). The lowest BCUT2D eigenvalue weighted by Crippen LogP contribution is -2.58. The highest BCUT2D eigenvalue weighted by Gasteiger charge is 2.44. The molecule has 2 aliphatic heterocycles. The van der Waals surface area contributed by atoms with Crippen molar-refractivity contribution in [3.63, 3.8) is 0 Å². The van der Waals surface area contributed by atoms with Crippen molar-refractivity contribution in [2.24, 2.45) is 0 Å². The normalized spacial score (nSPS) is 23.2. The highest BCUT2D eigenvalue weighted by Crippen LogP contribution is 2.32. The van der Waals surface area contributed by atoms with Crippen LogP contribution < -0.4 is 10.6 Å². The Hall–Kier alpha value is -3.36. The molecule has 2 heterocycles. The van der Waals surface area contributed by atoms with Crippen LogP contribution in [-0.2, 0) is 19.1 Å². The molecule has 2 N–H and O–H groups in total. The first-order chi connectivity index (χ1) is 17.9. The molecule has 208 valence electrons. The Balaban J connectivity index is 1.71. The summed E-state index contributed by atoms with van der Waals surface area (Å²) in [5.41, 5.74) is 0.223. The number of benzene rings is 1. The molecule has 0 bridgehead atoms. The summed E-state index contributed by atoms with van der Waals surface area (Å²) in [4.78, 5) is 55.6. The van der Waals surface area contributed by atoms with Crippen molar-refractivity contribution in [1.82, 2.24) is 20.4 Å². The summed E-state index contributed by atoms with van der Waals surface area (Å²) in [6.07, 6.45) is 5.38. The van der Waals surface area contributed by atoms with Crippen LogP contribution in [0.4, 0.5) is 4.79 Å². The lowest BCUT2D eigenvalue weighted by Gasteiger charge is -2.36. The van der Waals surface area contributed by atoms with Gasteiger partial charge in [0.05, 0.1) is 6.04 Å². The lowest BCUT2D eigenvalue weighted by molar-refractivity contribution is -0.144. The monoisotopic (exact) mass is 526 g/mol. The van der Waals surface area contributed by atoms with Gasteiger partial charge in [0, 0.05) is 13.1 Å². The van der Waals surface area contributed by atoms with Crippen LogP contribution in [0.15, 0.2) is 43.0 Å². The maximum atomic E-state index is 13.8. The zero-order valence-electron chi connectivity index (χ0n) is 23.2. The largest absolute Gasteiger partial charge is 0.444 e. The van der Waals surface area contributed by atoms with Crippen molar-refractivity contribution in [3.8, 4) is 0 Å². The Bertz CT molecular complexity index is 1020. The number of amides is 4. The molecule has 0 radical (unpaired) electrons. The number of carbonyl (C=O) groups is 4. The summed E-state index contributed by atoms with van der Waals surface area (Å²) in [7, 11) is 1.50. The zero-order valence-corrected chi connectivity index (χ0v) is 23.2. The number of hydrogen-bond donors (Lipinski definition) is 2. The van der Waals surface area contributed by atoms with Gasteiger partial charge in [-0.2, -0.15) is 0 Å². The van der Waals surface area contributed by atoms with Crippen molar-refractivity contribution in [2.45, 2.75) is 102 Å². The first-order valence-corrected chi connectivity index (χ1v) is 13.5. The van der Waals surface area contributed by atoms with E-state index in [0.29, 0.717) is 12.8 Å². The molecule has 2 saturated heterocycles. The summed E-state index contributed by atoms with van der Waals surface area (Å²) in [5.74, 6) is -0.911.